The Morgan fingerprint density at radius 2 is 1.95 bits per heavy atom. The van der Waals surface area contributed by atoms with Crippen LogP contribution in [0.25, 0.3) is 0 Å². The summed E-state index contributed by atoms with van der Waals surface area (Å²) in [6.07, 6.45) is 1.03. The summed E-state index contributed by atoms with van der Waals surface area (Å²) in [7, 11) is 0. The molecule has 0 atom stereocenters. The minimum Gasteiger partial charge on any atom is -0.491 e. The lowest BCUT2D eigenvalue weighted by atomic mass is 10.1. The van der Waals surface area contributed by atoms with Crippen LogP contribution in [0, 0.1) is 0 Å². The smallest absolute Gasteiger partial charge is 0.234 e. The standard InChI is InChI=1S/C17H27N3O2/c1-14(2)22-16-5-3-15(4-6-16)7-8-19-17(21)13-20-11-9-18-10-12-20/h3-6,14,18H,7-13H2,1-2H3,(H,19,21). The molecule has 122 valence electrons. The highest BCUT2D eigenvalue weighted by atomic mass is 16.5. The predicted octanol–water partition coefficient (Wildman–Crippen LogP) is 1.04. The van der Waals surface area contributed by atoms with Gasteiger partial charge in [0.25, 0.3) is 0 Å². The molecule has 2 rings (SSSR count). The number of amides is 1. The van der Waals surface area contributed by atoms with Crippen LogP contribution in [0.5, 0.6) is 5.75 Å². The molecule has 22 heavy (non-hydrogen) atoms. The van der Waals surface area contributed by atoms with Gasteiger partial charge in [-0.2, -0.15) is 0 Å². The minimum absolute atomic E-state index is 0.113. The molecule has 1 aromatic rings. The van der Waals surface area contributed by atoms with Crippen LogP contribution in [0.1, 0.15) is 19.4 Å². The summed E-state index contributed by atoms with van der Waals surface area (Å²) in [4.78, 5) is 14.1. The first-order chi connectivity index (χ1) is 10.6. The van der Waals surface area contributed by atoms with E-state index in [0.717, 1.165) is 38.3 Å². The Hall–Kier alpha value is -1.59. The van der Waals surface area contributed by atoms with Gasteiger partial charge < -0.3 is 15.4 Å². The summed E-state index contributed by atoms with van der Waals surface area (Å²) in [5.74, 6) is 1.00. The zero-order chi connectivity index (χ0) is 15.8. The molecular formula is C17H27N3O2. The number of nitrogens with one attached hydrogen (secondary N) is 2. The molecule has 1 aliphatic heterocycles. The van der Waals surface area contributed by atoms with Crippen molar-refractivity contribution >= 4 is 5.91 Å². The number of nitrogens with zero attached hydrogens (tertiary/aromatic N) is 1. The Labute approximate surface area is 133 Å². The van der Waals surface area contributed by atoms with E-state index in [1.165, 1.54) is 5.56 Å². The van der Waals surface area contributed by atoms with Crippen molar-refractivity contribution in [1.82, 2.24) is 15.5 Å². The third-order valence-corrected chi connectivity index (χ3v) is 3.61. The normalized spacial score (nSPS) is 15.8. The van der Waals surface area contributed by atoms with E-state index in [9.17, 15) is 4.79 Å². The van der Waals surface area contributed by atoms with Gasteiger partial charge in [-0.05, 0) is 38.0 Å². The average molecular weight is 305 g/mol. The summed E-state index contributed by atoms with van der Waals surface area (Å²) >= 11 is 0. The maximum atomic E-state index is 11.9. The van der Waals surface area contributed by atoms with Gasteiger partial charge in [0.05, 0.1) is 12.6 Å². The number of rotatable bonds is 7. The molecule has 1 amide bonds. The monoisotopic (exact) mass is 305 g/mol. The van der Waals surface area contributed by atoms with Crippen molar-refractivity contribution in [2.45, 2.75) is 26.4 Å². The SMILES string of the molecule is CC(C)Oc1ccc(CCNC(=O)CN2CCNCC2)cc1. The highest BCUT2D eigenvalue weighted by Crippen LogP contribution is 2.13. The van der Waals surface area contributed by atoms with Gasteiger partial charge in [-0.3, -0.25) is 9.69 Å². The number of benzene rings is 1. The molecule has 0 spiro atoms. The van der Waals surface area contributed by atoms with Crippen molar-refractivity contribution < 1.29 is 9.53 Å². The first-order valence-electron chi connectivity index (χ1n) is 8.09. The van der Waals surface area contributed by atoms with Crippen LogP contribution in [-0.4, -0.2) is 56.2 Å². The van der Waals surface area contributed by atoms with Gasteiger partial charge in [0.2, 0.25) is 5.91 Å². The molecule has 0 unspecified atom stereocenters. The fourth-order valence-corrected chi connectivity index (χ4v) is 2.48. The number of piperazine rings is 1. The van der Waals surface area contributed by atoms with Crippen molar-refractivity contribution in [3.63, 3.8) is 0 Å². The van der Waals surface area contributed by atoms with Crippen LogP contribution in [0.3, 0.4) is 0 Å². The van der Waals surface area contributed by atoms with E-state index in [0.29, 0.717) is 13.1 Å². The summed E-state index contributed by atoms with van der Waals surface area (Å²) in [5.41, 5.74) is 1.21. The molecule has 1 heterocycles. The lowest BCUT2D eigenvalue weighted by Crippen LogP contribution is -2.47. The Morgan fingerprint density at radius 3 is 2.59 bits per heavy atom. The molecule has 5 heteroatoms. The largest absolute Gasteiger partial charge is 0.491 e. The molecule has 0 aromatic heterocycles. The number of ether oxygens (including phenoxy) is 1. The molecule has 1 aromatic carbocycles. The molecule has 2 N–H and O–H groups in total. The van der Waals surface area contributed by atoms with E-state index in [2.05, 4.69) is 27.7 Å². The molecule has 1 aliphatic rings. The maximum Gasteiger partial charge on any atom is 0.234 e. The highest BCUT2D eigenvalue weighted by molar-refractivity contribution is 5.78. The molecular weight excluding hydrogens is 278 g/mol. The highest BCUT2D eigenvalue weighted by Gasteiger charge is 2.12. The topological polar surface area (TPSA) is 53.6 Å². The van der Waals surface area contributed by atoms with Crippen LogP contribution in [0.2, 0.25) is 0 Å². The van der Waals surface area contributed by atoms with Gasteiger partial charge in [0.1, 0.15) is 5.75 Å². The lowest BCUT2D eigenvalue weighted by molar-refractivity contribution is -0.122. The predicted molar refractivity (Wildman–Crippen MR) is 88.2 cm³/mol. The molecule has 0 bridgehead atoms. The Bertz CT molecular complexity index is 453. The number of carbonyl (C=O) groups is 1. The van der Waals surface area contributed by atoms with E-state index in [-0.39, 0.29) is 12.0 Å². The summed E-state index contributed by atoms with van der Waals surface area (Å²) in [6.45, 7) is 9.05. The molecule has 0 radical (unpaired) electrons. The van der Waals surface area contributed by atoms with E-state index in [1.54, 1.807) is 0 Å². The average Bonchev–Trinajstić information content (AvgIpc) is 2.49. The number of carbonyl (C=O) groups excluding carboxylic acids is 1. The Kier molecular flexibility index (Phi) is 6.68. The van der Waals surface area contributed by atoms with E-state index >= 15 is 0 Å². The van der Waals surface area contributed by atoms with E-state index < -0.39 is 0 Å². The quantitative estimate of drug-likeness (QED) is 0.790. The van der Waals surface area contributed by atoms with Crippen LogP contribution in [-0.2, 0) is 11.2 Å². The first-order valence-corrected chi connectivity index (χ1v) is 8.09. The zero-order valence-electron chi connectivity index (χ0n) is 13.6. The van der Waals surface area contributed by atoms with Crippen molar-refractivity contribution in [3.8, 4) is 5.75 Å². The Morgan fingerprint density at radius 1 is 1.27 bits per heavy atom. The van der Waals surface area contributed by atoms with Crippen molar-refractivity contribution in [2.75, 3.05) is 39.3 Å². The molecule has 1 fully saturated rings. The first kappa shape index (κ1) is 16.8. The second-order valence-electron chi connectivity index (χ2n) is 5.94. The van der Waals surface area contributed by atoms with Gasteiger partial charge in [-0.15, -0.1) is 0 Å². The summed E-state index contributed by atoms with van der Waals surface area (Å²) < 4.78 is 5.62. The van der Waals surface area contributed by atoms with Crippen LogP contribution in [0.15, 0.2) is 24.3 Å². The number of hydrogen-bond donors (Lipinski definition) is 2. The van der Waals surface area contributed by atoms with Gasteiger partial charge in [-0.1, -0.05) is 12.1 Å². The van der Waals surface area contributed by atoms with Crippen LogP contribution >= 0.6 is 0 Å². The molecule has 1 saturated heterocycles. The van der Waals surface area contributed by atoms with Crippen molar-refractivity contribution in [2.24, 2.45) is 0 Å². The Balaban J connectivity index is 1.66. The van der Waals surface area contributed by atoms with Crippen molar-refractivity contribution in [1.29, 1.82) is 0 Å². The molecule has 5 nitrogen and oxygen atoms in total. The second-order valence-corrected chi connectivity index (χ2v) is 5.94. The van der Waals surface area contributed by atoms with Gasteiger partial charge in [-0.25, -0.2) is 0 Å². The van der Waals surface area contributed by atoms with Gasteiger partial charge in [0, 0.05) is 32.7 Å². The van der Waals surface area contributed by atoms with Crippen LogP contribution < -0.4 is 15.4 Å². The van der Waals surface area contributed by atoms with Crippen LogP contribution in [0.4, 0.5) is 0 Å². The van der Waals surface area contributed by atoms with Crippen molar-refractivity contribution in [3.05, 3.63) is 29.8 Å². The third kappa shape index (κ3) is 6.03. The number of hydrogen-bond acceptors (Lipinski definition) is 4. The maximum absolute atomic E-state index is 11.9. The fourth-order valence-electron chi connectivity index (χ4n) is 2.48. The zero-order valence-corrected chi connectivity index (χ0v) is 13.6. The lowest BCUT2D eigenvalue weighted by Gasteiger charge is -2.26. The second kappa shape index (κ2) is 8.76. The van der Waals surface area contributed by atoms with Gasteiger partial charge >= 0.3 is 0 Å². The minimum atomic E-state index is 0.113. The van der Waals surface area contributed by atoms with Gasteiger partial charge in [0.15, 0.2) is 0 Å². The summed E-state index contributed by atoms with van der Waals surface area (Å²) in [6, 6.07) is 8.08. The summed E-state index contributed by atoms with van der Waals surface area (Å²) in [5, 5.41) is 6.28. The fraction of sp³-hybridized carbons (Fsp3) is 0.588. The molecule has 0 aliphatic carbocycles. The molecule has 0 saturated carbocycles. The van der Waals surface area contributed by atoms with E-state index in [4.69, 9.17) is 4.74 Å². The third-order valence-electron chi connectivity index (χ3n) is 3.61. The van der Waals surface area contributed by atoms with E-state index in [1.807, 2.05) is 26.0 Å².